The molecule has 1 atom stereocenters. The van der Waals surface area contributed by atoms with Crippen LogP contribution in [0.2, 0.25) is 18.1 Å². The fourth-order valence-corrected chi connectivity index (χ4v) is 2.66. The van der Waals surface area contributed by atoms with E-state index >= 15 is 0 Å². The van der Waals surface area contributed by atoms with Gasteiger partial charge in [-0.2, -0.15) is 0 Å². The lowest BCUT2D eigenvalue weighted by Gasteiger charge is -2.36. The van der Waals surface area contributed by atoms with Crippen molar-refractivity contribution in [2.45, 2.75) is 51.4 Å². The lowest BCUT2D eigenvalue weighted by atomic mass is 10.1. The molecule has 0 saturated carbocycles. The van der Waals surface area contributed by atoms with E-state index in [2.05, 4.69) is 38.6 Å². The summed E-state index contributed by atoms with van der Waals surface area (Å²) in [6, 6.07) is 7.16. The van der Waals surface area contributed by atoms with Crippen molar-refractivity contribution in [1.29, 1.82) is 0 Å². The maximum absolute atomic E-state index is 11.3. The average Bonchev–Trinajstić information content (AvgIpc) is 2.38. The van der Waals surface area contributed by atoms with Gasteiger partial charge in [0.05, 0.1) is 7.11 Å². The van der Waals surface area contributed by atoms with Gasteiger partial charge in [-0.05, 0) is 42.2 Å². The normalized spacial score (nSPS) is 13.7. The second-order valence-electron chi connectivity index (χ2n) is 6.84. The first-order chi connectivity index (χ1) is 9.56. The number of hydrogen-bond acceptors (Lipinski definition) is 4. The smallest absolute Gasteiger partial charge is 0.322 e. The molecule has 0 aliphatic rings. The van der Waals surface area contributed by atoms with Crippen LogP contribution in [0.5, 0.6) is 5.75 Å². The highest BCUT2D eigenvalue weighted by Gasteiger charge is 2.38. The Kier molecular flexibility index (Phi) is 5.59. The van der Waals surface area contributed by atoms with Crippen LogP contribution in [0.4, 0.5) is 0 Å². The minimum Gasteiger partial charge on any atom is -0.544 e. The van der Waals surface area contributed by atoms with Crippen LogP contribution < -0.4 is 10.2 Å². The molecule has 0 aliphatic carbocycles. The Morgan fingerprint density at radius 1 is 1.24 bits per heavy atom. The molecular formula is C16H27NO3Si. The Bertz CT molecular complexity index is 477. The molecule has 21 heavy (non-hydrogen) atoms. The zero-order valence-electron chi connectivity index (χ0n) is 13.9. The zero-order chi connectivity index (χ0) is 16.3. The molecule has 1 rings (SSSR count). The molecule has 2 N–H and O–H groups in total. The summed E-state index contributed by atoms with van der Waals surface area (Å²) in [5, 5.41) is 0.166. The predicted molar refractivity (Wildman–Crippen MR) is 88.0 cm³/mol. The number of carbonyl (C=O) groups excluding carboxylic acids is 1. The van der Waals surface area contributed by atoms with Gasteiger partial charge in [-0.25, -0.2) is 0 Å². The third-order valence-corrected chi connectivity index (χ3v) is 8.42. The van der Waals surface area contributed by atoms with E-state index < -0.39 is 20.3 Å². The number of nitrogens with two attached hydrogens (primary N) is 1. The molecule has 0 spiro atoms. The van der Waals surface area contributed by atoms with Crippen LogP contribution in [0.15, 0.2) is 24.3 Å². The number of esters is 1. The maximum Gasteiger partial charge on any atom is 0.322 e. The Hall–Kier alpha value is -1.33. The van der Waals surface area contributed by atoms with Crippen molar-refractivity contribution in [3.05, 3.63) is 29.8 Å². The predicted octanol–water partition coefficient (Wildman–Crippen LogP) is 3.11. The molecule has 0 aromatic heterocycles. The first-order valence-corrected chi connectivity index (χ1v) is 10.1. The van der Waals surface area contributed by atoms with E-state index in [-0.39, 0.29) is 5.04 Å². The molecule has 0 unspecified atom stereocenters. The van der Waals surface area contributed by atoms with E-state index in [1.165, 1.54) is 7.11 Å². The monoisotopic (exact) mass is 309 g/mol. The van der Waals surface area contributed by atoms with Crippen LogP contribution in [0, 0.1) is 0 Å². The van der Waals surface area contributed by atoms with Gasteiger partial charge in [-0.3, -0.25) is 4.79 Å². The van der Waals surface area contributed by atoms with Gasteiger partial charge in [0, 0.05) is 0 Å². The SMILES string of the molecule is COC(=O)[C@@H](N)Cc1ccc(O[Si](C)(C)C(C)(C)C)cc1. The number of methoxy groups -OCH3 is 1. The third kappa shape index (κ3) is 4.86. The molecule has 1 aromatic rings. The van der Waals surface area contributed by atoms with E-state index in [0.717, 1.165) is 11.3 Å². The van der Waals surface area contributed by atoms with Gasteiger partial charge >= 0.3 is 5.97 Å². The van der Waals surface area contributed by atoms with Gasteiger partial charge < -0.3 is 14.9 Å². The van der Waals surface area contributed by atoms with Crippen LogP contribution in [-0.2, 0) is 16.0 Å². The Morgan fingerprint density at radius 2 is 1.76 bits per heavy atom. The molecular weight excluding hydrogens is 282 g/mol. The first-order valence-electron chi connectivity index (χ1n) is 7.18. The highest BCUT2D eigenvalue weighted by atomic mass is 28.4. The quantitative estimate of drug-likeness (QED) is 0.670. The average molecular weight is 309 g/mol. The summed E-state index contributed by atoms with van der Waals surface area (Å²) in [5.74, 6) is 0.480. The van der Waals surface area contributed by atoms with Crippen molar-refractivity contribution in [3.8, 4) is 5.75 Å². The Balaban J connectivity index is 2.73. The minimum atomic E-state index is -1.82. The molecule has 4 nitrogen and oxygen atoms in total. The fraction of sp³-hybridized carbons (Fsp3) is 0.562. The van der Waals surface area contributed by atoms with Crippen LogP contribution in [0.1, 0.15) is 26.3 Å². The first kappa shape index (κ1) is 17.7. The Morgan fingerprint density at radius 3 is 2.19 bits per heavy atom. The fourth-order valence-electron chi connectivity index (χ4n) is 1.63. The molecule has 0 fully saturated rings. The molecule has 118 valence electrons. The number of carbonyl (C=O) groups is 1. The number of hydrogen-bond donors (Lipinski definition) is 1. The third-order valence-electron chi connectivity index (χ3n) is 4.06. The summed E-state index contributed by atoms with van der Waals surface area (Å²) >= 11 is 0. The van der Waals surface area contributed by atoms with E-state index in [4.69, 9.17) is 10.2 Å². The summed E-state index contributed by atoms with van der Waals surface area (Å²) in [6.45, 7) is 11.1. The molecule has 0 saturated heterocycles. The summed E-state index contributed by atoms with van der Waals surface area (Å²) in [7, 11) is -0.472. The van der Waals surface area contributed by atoms with Gasteiger partial charge in [-0.15, -0.1) is 0 Å². The maximum atomic E-state index is 11.3. The van der Waals surface area contributed by atoms with Gasteiger partial charge in [0.1, 0.15) is 11.8 Å². The molecule has 0 heterocycles. The van der Waals surface area contributed by atoms with Gasteiger partial charge in [0.25, 0.3) is 0 Å². The van der Waals surface area contributed by atoms with E-state index in [0.29, 0.717) is 6.42 Å². The van der Waals surface area contributed by atoms with Crippen molar-refractivity contribution in [3.63, 3.8) is 0 Å². The summed E-state index contributed by atoms with van der Waals surface area (Å²) < 4.78 is 10.8. The second-order valence-corrected chi connectivity index (χ2v) is 11.6. The number of benzene rings is 1. The van der Waals surface area contributed by atoms with Gasteiger partial charge in [0.2, 0.25) is 8.32 Å². The zero-order valence-corrected chi connectivity index (χ0v) is 14.9. The lowest BCUT2D eigenvalue weighted by Crippen LogP contribution is -2.43. The topological polar surface area (TPSA) is 61.5 Å². The molecule has 1 aromatic carbocycles. The summed E-state index contributed by atoms with van der Waals surface area (Å²) in [4.78, 5) is 11.3. The van der Waals surface area contributed by atoms with E-state index in [1.807, 2.05) is 24.3 Å². The van der Waals surface area contributed by atoms with Crippen molar-refractivity contribution in [2.75, 3.05) is 7.11 Å². The van der Waals surface area contributed by atoms with Crippen LogP contribution in [0.25, 0.3) is 0 Å². The minimum absolute atomic E-state index is 0.166. The van der Waals surface area contributed by atoms with Crippen LogP contribution >= 0.6 is 0 Å². The largest absolute Gasteiger partial charge is 0.544 e. The van der Waals surface area contributed by atoms with Gasteiger partial charge in [0.15, 0.2) is 0 Å². The van der Waals surface area contributed by atoms with E-state index in [9.17, 15) is 4.79 Å². The second kappa shape index (κ2) is 6.62. The standard InChI is InChI=1S/C16H27NO3Si/c1-16(2,3)21(5,6)20-13-9-7-12(8-10-13)11-14(17)15(18)19-4/h7-10,14H,11,17H2,1-6H3/t14-/m0/s1. The number of ether oxygens (including phenoxy) is 1. The summed E-state index contributed by atoms with van der Waals surface area (Å²) in [5.41, 5.74) is 6.75. The molecule has 0 aliphatic heterocycles. The van der Waals surface area contributed by atoms with Crippen molar-refractivity contribution >= 4 is 14.3 Å². The molecule has 0 bridgehead atoms. The van der Waals surface area contributed by atoms with Crippen LogP contribution in [0.3, 0.4) is 0 Å². The summed E-state index contributed by atoms with van der Waals surface area (Å²) in [6.07, 6.45) is 0.465. The lowest BCUT2D eigenvalue weighted by molar-refractivity contribution is -0.142. The van der Waals surface area contributed by atoms with Crippen molar-refractivity contribution in [2.24, 2.45) is 5.73 Å². The highest BCUT2D eigenvalue weighted by molar-refractivity contribution is 6.74. The van der Waals surface area contributed by atoms with Crippen LogP contribution in [-0.4, -0.2) is 27.4 Å². The van der Waals surface area contributed by atoms with E-state index in [1.54, 1.807) is 0 Å². The van der Waals surface area contributed by atoms with Crippen molar-refractivity contribution in [1.82, 2.24) is 0 Å². The molecule has 0 amide bonds. The van der Waals surface area contributed by atoms with Gasteiger partial charge in [-0.1, -0.05) is 32.9 Å². The molecule has 5 heteroatoms. The molecule has 0 radical (unpaired) electrons. The highest BCUT2D eigenvalue weighted by Crippen LogP contribution is 2.37. The Labute approximate surface area is 128 Å². The number of rotatable bonds is 5. The van der Waals surface area contributed by atoms with Crippen molar-refractivity contribution < 1.29 is 14.0 Å².